The lowest BCUT2D eigenvalue weighted by Crippen LogP contribution is -2.31. The molecule has 3 rings (SSSR count). The molecule has 0 bridgehead atoms. The van der Waals surface area contributed by atoms with Crippen LogP contribution in [-0.4, -0.2) is 32.6 Å². The summed E-state index contributed by atoms with van der Waals surface area (Å²) >= 11 is 1.47. The summed E-state index contributed by atoms with van der Waals surface area (Å²) in [4.78, 5) is 15.0. The van der Waals surface area contributed by atoms with Crippen LogP contribution in [-0.2, 0) is 4.79 Å². The number of nitrogens with zero attached hydrogens (tertiary/aromatic N) is 1. The largest absolute Gasteiger partial charge is 0.495 e. The average molecular weight is 369 g/mol. The van der Waals surface area contributed by atoms with Gasteiger partial charge in [-0.05, 0) is 48.4 Å². The van der Waals surface area contributed by atoms with Crippen molar-refractivity contribution in [3.8, 4) is 5.75 Å². The minimum Gasteiger partial charge on any atom is -0.495 e. The monoisotopic (exact) mass is 369 g/mol. The van der Waals surface area contributed by atoms with Gasteiger partial charge in [0.05, 0.1) is 17.7 Å². The second-order valence-electron chi connectivity index (χ2n) is 6.31. The first-order chi connectivity index (χ1) is 12.5. The average Bonchev–Trinajstić information content (AvgIpc) is 2.95. The van der Waals surface area contributed by atoms with E-state index in [0.29, 0.717) is 4.91 Å². The van der Waals surface area contributed by atoms with Gasteiger partial charge in [0.15, 0.2) is 5.50 Å². The molecule has 2 aromatic rings. The SMILES string of the molecule is COc1ccc(C)cc1NC1NC(=O)/C(=C/c2ccc(N(C)C)cc2)S1. The van der Waals surface area contributed by atoms with Gasteiger partial charge in [-0.15, -0.1) is 0 Å². The van der Waals surface area contributed by atoms with Crippen LogP contribution in [0.4, 0.5) is 11.4 Å². The van der Waals surface area contributed by atoms with Crippen LogP contribution in [0.5, 0.6) is 5.75 Å². The Hall–Kier alpha value is -2.60. The Balaban J connectivity index is 1.73. The van der Waals surface area contributed by atoms with E-state index < -0.39 is 0 Å². The van der Waals surface area contributed by atoms with Gasteiger partial charge in [0.25, 0.3) is 5.91 Å². The van der Waals surface area contributed by atoms with E-state index in [9.17, 15) is 4.79 Å². The van der Waals surface area contributed by atoms with E-state index in [1.807, 2.05) is 74.5 Å². The molecule has 1 amide bonds. The van der Waals surface area contributed by atoms with Gasteiger partial charge >= 0.3 is 0 Å². The number of anilines is 2. The minimum absolute atomic E-state index is 0.0733. The second kappa shape index (κ2) is 7.74. The van der Waals surface area contributed by atoms with E-state index in [0.717, 1.165) is 28.3 Å². The highest BCUT2D eigenvalue weighted by Crippen LogP contribution is 2.33. The highest BCUT2D eigenvalue weighted by molar-refractivity contribution is 8.05. The third-order valence-electron chi connectivity index (χ3n) is 4.08. The zero-order valence-corrected chi connectivity index (χ0v) is 16.2. The predicted molar refractivity (Wildman–Crippen MR) is 110 cm³/mol. The van der Waals surface area contributed by atoms with Crippen molar-refractivity contribution in [3.63, 3.8) is 0 Å². The number of hydrogen-bond donors (Lipinski definition) is 2. The van der Waals surface area contributed by atoms with Crippen LogP contribution < -0.4 is 20.3 Å². The quantitative estimate of drug-likeness (QED) is 0.788. The minimum atomic E-state index is -0.231. The third kappa shape index (κ3) is 4.14. The molecule has 26 heavy (non-hydrogen) atoms. The Bertz CT molecular complexity index is 831. The molecule has 0 aliphatic carbocycles. The number of carbonyl (C=O) groups is 1. The fourth-order valence-corrected chi connectivity index (χ4v) is 3.64. The first-order valence-corrected chi connectivity index (χ1v) is 9.22. The van der Waals surface area contributed by atoms with Crippen molar-refractivity contribution in [2.45, 2.75) is 12.4 Å². The number of rotatable bonds is 5. The Morgan fingerprint density at radius 3 is 2.58 bits per heavy atom. The van der Waals surface area contributed by atoms with Gasteiger partial charge < -0.3 is 20.3 Å². The molecule has 1 unspecified atom stereocenters. The van der Waals surface area contributed by atoms with Gasteiger partial charge in [0, 0.05) is 19.8 Å². The van der Waals surface area contributed by atoms with E-state index >= 15 is 0 Å². The summed E-state index contributed by atoms with van der Waals surface area (Å²) in [6.07, 6.45) is 1.91. The van der Waals surface area contributed by atoms with E-state index in [1.54, 1.807) is 7.11 Å². The molecule has 1 atom stereocenters. The maximum absolute atomic E-state index is 12.3. The molecule has 0 saturated carbocycles. The van der Waals surface area contributed by atoms with Gasteiger partial charge in [-0.2, -0.15) is 0 Å². The first kappa shape index (κ1) is 18.2. The Morgan fingerprint density at radius 2 is 1.92 bits per heavy atom. The molecule has 1 saturated heterocycles. The van der Waals surface area contributed by atoms with E-state index in [-0.39, 0.29) is 11.4 Å². The Labute approximate surface area is 158 Å². The maximum atomic E-state index is 12.3. The van der Waals surface area contributed by atoms with Crippen molar-refractivity contribution in [2.75, 3.05) is 31.4 Å². The van der Waals surface area contributed by atoms with Crippen LogP contribution in [0.1, 0.15) is 11.1 Å². The highest BCUT2D eigenvalue weighted by atomic mass is 32.2. The summed E-state index contributed by atoms with van der Waals surface area (Å²) < 4.78 is 5.39. The normalized spacial score (nSPS) is 17.9. The maximum Gasteiger partial charge on any atom is 0.260 e. The van der Waals surface area contributed by atoms with Crippen molar-refractivity contribution in [1.82, 2.24) is 5.32 Å². The summed E-state index contributed by atoms with van der Waals surface area (Å²) in [5.41, 5.74) is 3.88. The molecular formula is C20H23N3O2S. The van der Waals surface area contributed by atoms with E-state index in [2.05, 4.69) is 10.6 Å². The van der Waals surface area contributed by atoms with Crippen LogP contribution in [0.3, 0.4) is 0 Å². The smallest absolute Gasteiger partial charge is 0.260 e. The molecular weight excluding hydrogens is 346 g/mol. The van der Waals surface area contributed by atoms with Crippen molar-refractivity contribution in [3.05, 3.63) is 58.5 Å². The van der Waals surface area contributed by atoms with Crippen LogP contribution in [0.2, 0.25) is 0 Å². The topological polar surface area (TPSA) is 53.6 Å². The predicted octanol–water partition coefficient (Wildman–Crippen LogP) is 3.67. The lowest BCUT2D eigenvalue weighted by molar-refractivity contribution is -0.116. The fourth-order valence-electron chi connectivity index (χ4n) is 2.66. The van der Waals surface area contributed by atoms with Crippen LogP contribution in [0.25, 0.3) is 6.08 Å². The molecule has 5 nitrogen and oxygen atoms in total. The highest BCUT2D eigenvalue weighted by Gasteiger charge is 2.27. The molecule has 2 aromatic carbocycles. The number of methoxy groups -OCH3 is 1. The number of thioether (sulfide) groups is 1. The summed E-state index contributed by atoms with van der Waals surface area (Å²) in [6, 6.07) is 14.0. The Morgan fingerprint density at radius 1 is 1.19 bits per heavy atom. The second-order valence-corrected chi connectivity index (χ2v) is 7.46. The van der Waals surface area contributed by atoms with Crippen molar-refractivity contribution >= 4 is 35.1 Å². The number of nitrogens with one attached hydrogen (secondary N) is 2. The number of carbonyl (C=O) groups excluding carboxylic acids is 1. The Kier molecular flexibility index (Phi) is 5.42. The van der Waals surface area contributed by atoms with E-state index in [4.69, 9.17) is 4.74 Å². The number of hydrogen-bond acceptors (Lipinski definition) is 5. The van der Waals surface area contributed by atoms with Crippen molar-refractivity contribution < 1.29 is 9.53 Å². The molecule has 136 valence electrons. The van der Waals surface area contributed by atoms with Gasteiger partial charge in [-0.3, -0.25) is 4.79 Å². The van der Waals surface area contributed by atoms with Gasteiger partial charge in [-0.1, -0.05) is 30.0 Å². The molecule has 6 heteroatoms. The van der Waals surface area contributed by atoms with Crippen LogP contribution in [0, 0.1) is 6.92 Å². The zero-order chi connectivity index (χ0) is 18.7. The lowest BCUT2D eigenvalue weighted by atomic mass is 10.2. The molecule has 1 heterocycles. The first-order valence-electron chi connectivity index (χ1n) is 8.34. The molecule has 1 aliphatic rings. The summed E-state index contributed by atoms with van der Waals surface area (Å²) in [5, 5.41) is 6.28. The molecule has 0 aromatic heterocycles. The molecule has 1 aliphatic heterocycles. The van der Waals surface area contributed by atoms with Gasteiger partial charge in [0.1, 0.15) is 5.75 Å². The standard InChI is InChI=1S/C20H23N3O2S/c1-13-5-10-17(25-4)16(11-13)21-20-22-19(24)18(26-20)12-14-6-8-15(9-7-14)23(2)3/h5-12,20-21H,1-4H3,(H,22,24)/b18-12-. The molecule has 2 N–H and O–H groups in total. The number of ether oxygens (including phenoxy) is 1. The number of amides is 1. The third-order valence-corrected chi connectivity index (χ3v) is 5.11. The van der Waals surface area contributed by atoms with Gasteiger partial charge in [0.2, 0.25) is 0 Å². The lowest BCUT2D eigenvalue weighted by Gasteiger charge is -2.16. The number of benzene rings is 2. The van der Waals surface area contributed by atoms with Gasteiger partial charge in [-0.25, -0.2) is 0 Å². The van der Waals surface area contributed by atoms with Crippen LogP contribution in [0.15, 0.2) is 47.4 Å². The number of aryl methyl sites for hydroxylation is 1. The summed E-state index contributed by atoms with van der Waals surface area (Å²) in [7, 11) is 5.64. The van der Waals surface area contributed by atoms with Crippen molar-refractivity contribution in [2.24, 2.45) is 0 Å². The molecule has 1 fully saturated rings. The fraction of sp³-hybridized carbons (Fsp3) is 0.250. The zero-order valence-electron chi connectivity index (χ0n) is 15.4. The van der Waals surface area contributed by atoms with E-state index in [1.165, 1.54) is 11.8 Å². The summed E-state index contributed by atoms with van der Waals surface area (Å²) in [5.74, 6) is 0.679. The summed E-state index contributed by atoms with van der Waals surface area (Å²) in [6.45, 7) is 2.02. The molecule has 0 radical (unpaired) electrons. The van der Waals surface area contributed by atoms with Crippen molar-refractivity contribution in [1.29, 1.82) is 0 Å². The molecule has 0 spiro atoms. The van der Waals surface area contributed by atoms with Crippen LogP contribution >= 0.6 is 11.8 Å².